The minimum Gasteiger partial charge on any atom is -0.493 e. The highest BCUT2D eigenvalue weighted by molar-refractivity contribution is 5.96. The minimum atomic E-state index is -0.168. The molecule has 4 nitrogen and oxygen atoms in total. The van der Waals surface area contributed by atoms with Crippen LogP contribution in [0.15, 0.2) is 48.5 Å². The van der Waals surface area contributed by atoms with Gasteiger partial charge in [0.1, 0.15) is 5.75 Å². The quantitative estimate of drug-likeness (QED) is 0.902. The van der Waals surface area contributed by atoms with Crippen LogP contribution in [0.5, 0.6) is 5.75 Å². The van der Waals surface area contributed by atoms with Gasteiger partial charge in [0.2, 0.25) is 5.91 Å². The van der Waals surface area contributed by atoms with Crippen LogP contribution in [0.25, 0.3) is 0 Å². The molecule has 2 aromatic carbocycles. The number of amides is 1. The van der Waals surface area contributed by atoms with Crippen molar-refractivity contribution in [3.05, 3.63) is 59.7 Å². The van der Waals surface area contributed by atoms with Crippen molar-refractivity contribution in [2.45, 2.75) is 25.3 Å². The molecule has 5 heteroatoms. The van der Waals surface area contributed by atoms with E-state index < -0.39 is 0 Å². The van der Waals surface area contributed by atoms with Crippen molar-refractivity contribution in [1.82, 2.24) is 0 Å². The van der Waals surface area contributed by atoms with E-state index in [4.69, 9.17) is 10.5 Å². The Balaban J connectivity index is 0.00000192. The number of rotatable bonds is 3. The average molecular weight is 333 g/mol. The van der Waals surface area contributed by atoms with Crippen LogP contribution in [0.3, 0.4) is 0 Å². The maximum absolute atomic E-state index is 12.6. The number of benzene rings is 2. The average Bonchev–Trinajstić information content (AvgIpc) is 2.54. The first-order valence-electron chi connectivity index (χ1n) is 7.53. The molecule has 1 aliphatic rings. The number of halogens is 1. The van der Waals surface area contributed by atoms with E-state index in [0.29, 0.717) is 13.0 Å². The van der Waals surface area contributed by atoms with E-state index in [1.807, 2.05) is 55.5 Å². The van der Waals surface area contributed by atoms with Gasteiger partial charge in [0.25, 0.3) is 0 Å². The Labute approximate surface area is 142 Å². The first kappa shape index (κ1) is 17.3. The lowest BCUT2D eigenvalue weighted by molar-refractivity contribution is -0.118. The van der Waals surface area contributed by atoms with E-state index in [9.17, 15) is 4.79 Å². The summed E-state index contributed by atoms with van der Waals surface area (Å²) in [5.74, 6) is 0.642. The lowest BCUT2D eigenvalue weighted by Gasteiger charge is -2.25. The highest BCUT2D eigenvalue weighted by atomic mass is 35.5. The molecule has 1 aliphatic heterocycles. The molecule has 122 valence electrons. The Bertz CT molecular complexity index is 671. The third-order valence-corrected chi connectivity index (χ3v) is 3.98. The summed E-state index contributed by atoms with van der Waals surface area (Å²) in [5.41, 5.74) is 8.63. The summed E-state index contributed by atoms with van der Waals surface area (Å²) < 4.78 is 5.60. The molecule has 23 heavy (non-hydrogen) atoms. The molecular weight excluding hydrogens is 312 g/mol. The minimum absolute atomic E-state index is 0. The van der Waals surface area contributed by atoms with Crippen LogP contribution in [0.1, 0.15) is 36.4 Å². The first-order chi connectivity index (χ1) is 10.6. The van der Waals surface area contributed by atoms with Crippen molar-refractivity contribution < 1.29 is 9.53 Å². The third-order valence-electron chi connectivity index (χ3n) is 3.98. The number of anilines is 1. The Morgan fingerprint density at radius 2 is 1.91 bits per heavy atom. The van der Waals surface area contributed by atoms with Gasteiger partial charge < -0.3 is 15.8 Å². The van der Waals surface area contributed by atoms with Crippen LogP contribution in [-0.2, 0) is 4.79 Å². The number of ether oxygens (including phenoxy) is 1. The lowest BCUT2D eigenvalue weighted by Crippen LogP contribution is -2.26. The Kier molecular flexibility index (Phi) is 5.64. The van der Waals surface area contributed by atoms with E-state index in [-0.39, 0.29) is 30.3 Å². The van der Waals surface area contributed by atoms with Crippen LogP contribution in [0.4, 0.5) is 5.69 Å². The summed E-state index contributed by atoms with van der Waals surface area (Å²) in [7, 11) is 0. The molecule has 2 aromatic rings. The van der Waals surface area contributed by atoms with Crippen LogP contribution < -0.4 is 15.8 Å². The molecule has 0 saturated carbocycles. The van der Waals surface area contributed by atoms with Gasteiger partial charge in [-0.2, -0.15) is 0 Å². The van der Waals surface area contributed by atoms with Crippen molar-refractivity contribution in [2.24, 2.45) is 5.73 Å². The first-order valence-corrected chi connectivity index (χ1v) is 7.53. The van der Waals surface area contributed by atoms with Crippen molar-refractivity contribution in [3.8, 4) is 5.75 Å². The largest absolute Gasteiger partial charge is 0.493 e. The Hall–Kier alpha value is -2.04. The summed E-state index contributed by atoms with van der Waals surface area (Å²) in [6.07, 6.45) is 0.695. The molecule has 2 unspecified atom stereocenters. The molecule has 3 rings (SSSR count). The van der Waals surface area contributed by atoms with Gasteiger partial charge in [-0.3, -0.25) is 4.79 Å². The fourth-order valence-electron chi connectivity index (χ4n) is 2.71. The van der Waals surface area contributed by atoms with Gasteiger partial charge in [-0.15, -0.1) is 12.4 Å². The molecule has 2 atom stereocenters. The van der Waals surface area contributed by atoms with Crippen molar-refractivity contribution in [1.29, 1.82) is 0 Å². The Morgan fingerprint density at radius 1 is 1.22 bits per heavy atom. The number of carbonyl (C=O) groups is 1. The standard InChI is InChI=1S/C18H20N2O2.ClH/c1-12(19)13-6-8-14(9-7-13)20-18(21)16-10-11-22-17-5-3-2-4-15(16)17;/h2-9,12,16H,10-11,19H2,1H3,(H,20,21);1H. The SMILES string of the molecule is CC(N)c1ccc(NC(=O)C2CCOc3ccccc32)cc1.Cl. The number of para-hydroxylation sites is 1. The molecule has 0 spiro atoms. The number of hydrogen-bond acceptors (Lipinski definition) is 3. The number of hydrogen-bond donors (Lipinski definition) is 2. The molecule has 0 fully saturated rings. The van der Waals surface area contributed by atoms with E-state index >= 15 is 0 Å². The van der Waals surface area contributed by atoms with E-state index in [1.54, 1.807) is 0 Å². The van der Waals surface area contributed by atoms with Gasteiger partial charge in [0.15, 0.2) is 0 Å². The predicted molar refractivity (Wildman–Crippen MR) is 94.2 cm³/mol. The van der Waals surface area contributed by atoms with E-state index in [1.165, 1.54) is 0 Å². The highest BCUT2D eigenvalue weighted by Gasteiger charge is 2.27. The second kappa shape index (κ2) is 7.49. The van der Waals surface area contributed by atoms with Gasteiger partial charge in [-0.05, 0) is 37.1 Å². The zero-order valence-corrected chi connectivity index (χ0v) is 13.8. The van der Waals surface area contributed by atoms with E-state index in [0.717, 1.165) is 22.6 Å². The van der Waals surface area contributed by atoms with Gasteiger partial charge in [-0.1, -0.05) is 30.3 Å². The third kappa shape index (κ3) is 3.84. The molecule has 1 heterocycles. The second-order valence-electron chi connectivity index (χ2n) is 5.63. The molecule has 0 radical (unpaired) electrons. The van der Waals surface area contributed by atoms with Gasteiger partial charge >= 0.3 is 0 Å². The van der Waals surface area contributed by atoms with E-state index in [2.05, 4.69) is 5.32 Å². The summed E-state index contributed by atoms with van der Waals surface area (Å²) in [5, 5.41) is 2.98. The molecule has 1 amide bonds. The zero-order chi connectivity index (χ0) is 15.5. The summed E-state index contributed by atoms with van der Waals surface area (Å²) in [6, 6.07) is 15.4. The second-order valence-corrected chi connectivity index (χ2v) is 5.63. The summed E-state index contributed by atoms with van der Waals surface area (Å²) in [4.78, 5) is 12.6. The molecule has 0 aliphatic carbocycles. The molecule has 0 aromatic heterocycles. The maximum atomic E-state index is 12.6. The predicted octanol–water partition coefficient (Wildman–Crippen LogP) is 3.63. The molecule has 3 N–H and O–H groups in total. The van der Waals surface area contributed by atoms with Crippen LogP contribution in [0.2, 0.25) is 0 Å². The van der Waals surface area contributed by atoms with Crippen LogP contribution in [0, 0.1) is 0 Å². The number of nitrogens with one attached hydrogen (secondary N) is 1. The molecular formula is C18H21ClN2O2. The highest BCUT2D eigenvalue weighted by Crippen LogP contribution is 2.34. The molecule has 0 bridgehead atoms. The monoisotopic (exact) mass is 332 g/mol. The topological polar surface area (TPSA) is 64.3 Å². The van der Waals surface area contributed by atoms with Gasteiger partial charge in [0.05, 0.1) is 12.5 Å². The van der Waals surface area contributed by atoms with Gasteiger partial charge in [0, 0.05) is 17.3 Å². The fourth-order valence-corrected chi connectivity index (χ4v) is 2.71. The molecule has 0 saturated heterocycles. The number of fused-ring (bicyclic) bond motifs is 1. The number of carbonyl (C=O) groups excluding carboxylic acids is 1. The normalized spacial score (nSPS) is 17.2. The van der Waals surface area contributed by atoms with Crippen LogP contribution in [-0.4, -0.2) is 12.5 Å². The fraction of sp³-hybridized carbons (Fsp3) is 0.278. The summed E-state index contributed by atoms with van der Waals surface area (Å²) in [6.45, 7) is 2.51. The summed E-state index contributed by atoms with van der Waals surface area (Å²) >= 11 is 0. The Morgan fingerprint density at radius 3 is 2.61 bits per heavy atom. The zero-order valence-electron chi connectivity index (χ0n) is 13.0. The van der Waals surface area contributed by atoms with Crippen LogP contribution >= 0.6 is 12.4 Å². The number of nitrogens with two attached hydrogens (primary N) is 1. The lowest BCUT2D eigenvalue weighted by atomic mass is 9.92. The smallest absolute Gasteiger partial charge is 0.232 e. The maximum Gasteiger partial charge on any atom is 0.232 e. The van der Waals surface area contributed by atoms with Crippen molar-refractivity contribution >= 4 is 24.0 Å². The van der Waals surface area contributed by atoms with Crippen molar-refractivity contribution in [2.75, 3.05) is 11.9 Å². The van der Waals surface area contributed by atoms with Crippen molar-refractivity contribution in [3.63, 3.8) is 0 Å². The van der Waals surface area contributed by atoms with Gasteiger partial charge in [-0.25, -0.2) is 0 Å².